The number of nitrogens with zero attached hydrogens (tertiary/aromatic N) is 1. The molecule has 0 saturated carbocycles. The maximum Gasteiger partial charge on any atom is 0.253 e. The van der Waals surface area contributed by atoms with Crippen molar-refractivity contribution in [3.05, 3.63) is 29.8 Å². The van der Waals surface area contributed by atoms with Gasteiger partial charge in [0.05, 0.1) is 4.90 Å². The molecule has 2 atom stereocenters. The summed E-state index contributed by atoms with van der Waals surface area (Å²) in [6.07, 6.45) is 1.64. The summed E-state index contributed by atoms with van der Waals surface area (Å²) in [5.74, 6) is 0.413. The second-order valence-electron chi connectivity index (χ2n) is 6.85. The van der Waals surface area contributed by atoms with E-state index in [0.717, 1.165) is 6.42 Å². The Morgan fingerprint density at radius 2 is 1.67 bits per heavy atom. The zero-order valence-electron chi connectivity index (χ0n) is 15.5. The first-order valence-corrected chi connectivity index (χ1v) is 9.96. The Labute approximate surface area is 146 Å². The number of carbonyl (C=O) groups excluding carboxylic acids is 1. The highest BCUT2D eigenvalue weighted by molar-refractivity contribution is 7.89. The Bertz CT molecular complexity index is 639. The lowest BCUT2D eigenvalue weighted by Crippen LogP contribution is -2.36. The molecule has 1 aromatic rings. The molecule has 0 unspecified atom stereocenters. The summed E-state index contributed by atoms with van der Waals surface area (Å²) < 4.78 is 27.1. The van der Waals surface area contributed by atoms with Crippen molar-refractivity contribution in [3.63, 3.8) is 0 Å². The van der Waals surface area contributed by atoms with E-state index < -0.39 is 10.0 Å². The topological polar surface area (TPSA) is 66.5 Å². The molecule has 1 aromatic carbocycles. The van der Waals surface area contributed by atoms with E-state index in [-0.39, 0.29) is 22.9 Å². The molecule has 0 fully saturated rings. The molecular weight excluding hydrogens is 324 g/mol. The minimum atomic E-state index is -3.54. The van der Waals surface area contributed by atoms with Crippen LogP contribution in [0.3, 0.4) is 0 Å². The minimum absolute atomic E-state index is 0.0954. The number of carbonyl (C=O) groups is 1. The lowest BCUT2D eigenvalue weighted by Gasteiger charge is -2.26. The number of hydrogen-bond acceptors (Lipinski definition) is 3. The number of sulfonamides is 1. The first-order chi connectivity index (χ1) is 11.1. The molecule has 0 aromatic heterocycles. The number of nitrogens with one attached hydrogen (secondary N) is 1. The number of rotatable bonds is 8. The zero-order chi connectivity index (χ0) is 18.5. The van der Waals surface area contributed by atoms with Crippen LogP contribution in [-0.2, 0) is 10.0 Å². The summed E-state index contributed by atoms with van der Waals surface area (Å²) in [5, 5.41) is 0. The van der Waals surface area contributed by atoms with Gasteiger partial charge in [-0.25, -0.2) is 13.1 Å². The predicted molar refractivity (Wildman–Crippen MR) is 97.5 cm³/mol. The Morgan fingerprint density at radius 1 is 1.12 bits per heavy atom. The van der Waals surface area contributed by atoms with Crippen LogP contribution < -0.4 is 4.72 Å². The largest absolute Gasteiger partial charge is 0.339 e. The van der Waals surface area contributed by atoms with E-state index >= 15 is 0 Å². The van der Waals surface area contributed by atoms with Gasteiger partial charge in [-0.15, -0.1) is 0 Å². The van der Waals surface area contributed by atoms with Crippen LogP contribution in [0.2, 0.25) is 0 Å². The number of benzene rings is 1. The van der Waals surface area contributed by atoms with Gasteiger partial charge < -0.3 is 4.90 Å². The standard InChI is InChI=1S/C18H30N2O3S/c1-7-14(4)19-24(22,23)17-10-8-16(9-11-17)18(21)20(6)15(5)12-13(2)3/h8-11,13-15,19H,7,12H2,1-6H3/t14-,15+/m1/s1. The first kappa shape index (κ1) is 20.6. The van der Waals surface area contributed by atoms with Gasteiger partial charge in [-0.1, -0.05) is 20.8 Å². The van der Waals surface area contributed by atoms with Crippen LogP contribution in [0, 0.1) is 5.92 Å². The van der Waals surface area contributed by atoms with E-state index in [1.165, 1.54) is 12.1 Å². The van der Waals surface area contributed by atoms with Crippen LogP contribution in [0.4, 0.5) is 0 Å². The van der Waals surface area contributed by atoms with Gasteiger partial charge in [-0.05, 0) is 56.9 Å². The predicted octanol–water partition coefficient (Wildman–Crippen LogP) is 3.27. The van der Waals surface area contributed by atoms with E-state index in [2.05, 4.69) is 18.6 Å². The fourth-order valence-corrected chi connectivity index (χ4v) is 3.76. The Balaban J connectivity index is 2.89. The summed E-state index contributed by atoms with van der Waals surface area (Å²) in [5.41, 5.74) is 0.496. The van der Waals surface area contributed by atoms with Gasteiger partial charge in [0.25, 0.3) is 5.91 Å². The molecule has 136 valence electrons. The van der Waals surface area contributed by atoms with Crippen molar-refractivity contribution < 1.29 is 13.2 Å². The highest BCUT2D eigenvalue weighted by atomic mass is 32.2. The SMILES string of the molecule is CC[C@@H](C)NS(=O)(=O)c1ccc(C(=O)N(C)[C@@H](C)CC(C)C)cc1. The van der Waals surface area contributed by atoms with Crippen molar-refractivity contribution in [3.8, 4) is 0 Å². The molecule has 0 heterocycles. The van der Waals surface area contributed by atoms with Gasteiger partial charge in [0.1, 0.15) is 0 Å². The lowest BCUT2D eigenvalue weighted by atomic mass is 10.0. The van der Waals surface area contributed by atoms with Gasteiger partial charge in [-0.2, -0.15) is 0 Å². The average Bonchev–Trinajstić information content (AvgIpc) is 2.52. The molecule has 0 spiro atoms. The van der Waals surface area contributed by atoms with Crippen molar-refractivity contribution in [1.82, 2.24) is 9.62 Å². The molecule has 0 aliphatic heterocycles. The zero-order valence-corrected chi connectivity index (χ0v) is 16.4. The van der Waals surface area contributed by atoms with Gasteiger partial charge in [0, 0.05) is 24.7 Å². The molecule has 24 heavy (non-hydrogen) atoms. The molecule has 0 radical (unpaired) electrons. The first-order valence-electron chi connectivity index (χ1n) is 8.48. The van der Waals surface area contributed by atoms with E-state index in [1.807, 2.05) is 20.8 Å². The third kappa shape index (κ3) is 5.60. The van der Waals surface area contributed by atoms with Crippen molar-refractivity contribution in [2.75, 3.05) is 7.05 Å². The number of hydrogen-bond donors (Lipinski definition) is 1. The average molecular weight is 355 g/mol. The summed E-state index contributed by atoms with van der Waals surface area (Å²) >= 11 is 0. The van der Waals surface area contributed by atoms with E-state index in [4.69, 9.17) is 0 Å². The molecule has 0 bridgehead atoms. The monoisotopic (exact) mass is 354 g/mol. The third-order valence-electron chi connectivity index (χ3n) is 4.17. The summed E-state index contributed by atoms with van der Waals surface area (Å²) in [4.78, 5) is 14.4. The van der Waals surface area contributed by atoms with Crippen molar-refractivity contribution >= 4 is 15.9 Å². The Kier molecular flexibility index (Phi) is 7.42. The molecule has 0 aliphatic carbocycles. The van der Waals surface area contributed by atoms with Crippen LogP contribution >= 0.6 is 0 Å². The summed E-state index contributed by atoms with van der Waals surface area (Å²) in [6, 6.07) is 6.13. The minimum Gasteiger partial charge on any atom is -0.339 e. The second-order valence-corrected chi connectivity index (χ2v) is 8.56. The van der Waals surface area contributed by atoms with Gasteiger partial charge in [0.15, 0.2) is 0 Å². The third-order valence-corrected chi connectivity index (χ3v) is 5.78. The van der Waals surface area contributed by atoms with Gasteiger partial charge in [-0.3, -0.25) is 4.79 Å². The molecule has 1 amide bonds. The fraction of sp³-hybridized carbons (Fsp3) is 0.611. The maximum absolute atomic E-state index is 12.5. The Hall–Kier alpha value is -1.40. The maximum atomic E-state index is 12.5. The van der Waals surface area contributed by atoms with Crippen LogP contribution in [0.1, 0.15) is 57.8 Å². The van der Waals surface area contributed by atoms with Crippen LogP contribution in [0.15, 0.2) is 29.2 Å². The highest BCUT2D eigenvalue weighted by Gasteiger charge is 2.20. The summed E-state index contributed by atoms with van der Waals surface area (Å²) in [6.45, 7) is 10.0. The van der Waals surface area contributed by atoms with E-state index in [0.29, 0.717) is 17.9 Å². The van der Waals surface area contributed by atoms with Gasteiger partial charge >= 0.3 is 0 Å². The molecule has 0 saturated heterocycles. The van der Waals surface area contributed by atoms with Crippen molar-refractivity contribution in [2.24, 2.45) is 5.92 Å². The lowest BCUT2D eigenvalue weighted by molar-refractivity contribution is 0.0728. The summed E-state index contributed by atoms with van der Waals surface area (Å²) in [7, 11) is -1.76. The van der Waals surface area contributed by atoms with Crippen molar-refractivity contribution in [1.29, 1.82) is 0 Å². The molecule has 5 nitrogen and oxygen atoms in total. The molecule has 1 rings (SSSR count). The van der Waals surface area contributed by atoms with E-state index in [1.54, 1.807) is 24.1 Å². The molecular formula is C18H30N2O3S. The van der Waals surface area contributed by atoms with Crippen molar-refractivity contribution in [2.45, 2.75) is 64.4 Å². The molecule has 0 aliphatic rings. The number of amides is 1. The smallest absolute Gasteiger partial charge is 0.253 e. The highest BCUT2D eigenvalue weighted by Crippen LogP contribution is 2.16. The second kappa shape index (κ2) is 8.62. The normalized spacial score (nSPS) is 14.5. The van der Waals surface area contributed by atoms with E-state index in [9.17, 15) is 13.2 Å². The fourth-order valence-electron chi connectivity index (χ4n) is 2.44. The van der Waals surface area contributed by atoms with Crippen LogP contribution in [-0.4, -0.2) is 38.4 Å². The van der Waals surface area contributed by atoms with Crippen LogP contribution in [0.25, 0.3) is 0 Å². The quantitative estimate of drug-likeness (QED) is 0.779. The molecule has 1 N–H and O–H groups in total. The van der Waals surface area contributed by atoms with Crippen LogP contribution in [0.5, 0.6) is 0 Å². The van der Waals surface area contributed by atoms with Gasteiger partial charge in [0.2, 0.25) is 10.0 Å². The Morgan fingerprint density at radius 3 is 2.12 bits per heavy atom. The molecule has 6 heteroatoms.